The van der Waals surface area contributed by atoms with E-state index in [1.807, 2.05) is 41.1 Å². The average molecular weight is 347 g/mol. The molecule has 26 heavy (non-hydrogen) atoms. The van der Waals surface area contributed by atoms with E-state index >= 15 is 0 Å². The van der Waals surface area contributed by atoms with Crippen LogP contribution in [0.25, 0.3) is 22.4 Å². The van der Waals surface area contributed by atoms with Gasteiger partial charge in [0.25, 0.3) is 0 Å². The highest BCUT2D eigenvalue weighted by Crippen LogP contribution is 2.29. The van der Waals surface area contributed by atoms with Crippen LogP contribution in [0.15, 0.2) is 42.7 Å². The third-order valence-corrected chi connectivity index (χ3v) is 4.69. The molecular formula is C19H17N5O2. The Kier molecular flexibility index (Phi) is 3.21. The number of methoxy groups -OCH3 is 1. The zero-order chi connectivity index (χ0) is 17.7. The number of aromatic nitrogens is 4. The van der Waals surface area contributed by atoms with Gasteiger partial charge in [0.15, 0.2) is 11.9 Å². The standard InChI is InChI=1S/C19H17N5O2/c1-26-15-5-2-12-6-7-23(16(12)8-15)17-9-18(21-14-3-4-14)24-19(22-17)13(11-25)10-20-24/h2,5-11,14,21H,3-4H2,1H3. The largest absolute Gasteiger partial charge is 0.497 e. The summed E-state index contributed by atoms with van der Waals surface area (Å²) in [6.45, 7) is 0. The number of nitrogens with zero attached hydrogens (tertiary/aromatic N) is 4. The number of benzene rings is 1. The maximum atomic E-state index is 11.4. The molecule has 0 radical (unpaired) electrons. The Labute approximate surface area is 149 Å². The maximum absolute atomic E-state index is 11.4. The Balaban J connectivity index is 1.74. The van der Waals surface area contributed by atoms with Crippen LogP contribution in [0.5, 0.6) is 5.75 Å². The third-order valence-electron chi connectivity index (χ3n) is 4.69. The second-order valence-corrected chi connectivity index (χ2v) is 6.48. The van der Waals surface area contributed by atoms with Gasteiger partial charge >= 0.3 is 0 Å². The summed E-state index contributed by atoms with van der Waals surface area (Å²) < 4.78 is 9.04. The Morgan fingerprint density at radius 2 is 2.15 bits per heavy atom. The predicted molar refractivity (Wildman–Crippen MR) is 98.4 cm³/mol. The molecule has 7 nitrogen and oxygen atoms in total. The number of rotatable bonds is 5. The van der Waals surface area contributed by atoms with Crippen LogP contribution in [0.4, 0.5) is 5.82 Å². The molecule has 1 fully saturated rings. The quantitative estimate of drug-likeness (QED) is 0.562. The Morgan fingerprint density at radius 3 is 2.92 bits per heavy atom. The monoisotopic (exact) mass is 347 g/mol. The summed E-state index contributed by atoms with van der Waals surface area (Å²) in [5.74, 6) is 2.35. The van der Waals surface area contributed by atoms with E-state index in [4.69, 9.17) is 9.72 Å². The van der Waals surface area contributed by atoms with E-state index in [0.29, 0.717) is 17.3 Å². The Morgan fingerprint density at radius 1 is 1.27 bits per heavy atom. The zero-order valence-electron chi connectivity index (χ0n) is 14.2. The average Bonchev–Trinajstić information content (AvgIpc) is 3.23. The number of ether oxygens (including phenoxy) is 1. The summed E-state index contributed by atoms with van der Waals surface area (Å²) in [5, 5.41) is 8.88. The summed E-state index contributed by atoms with van der Waals surface area (Å²) >= 11 is 0. The molecule has 0 aliphatic heterocycles. The van der Waals surface area contributed by atoms with Crippen molar-refractivity contribution < 1.29 is 9.53 Å². The number of nitrogens with one attached hydrogen (secondary N) is 1. The smallest absolute Gasteiger partial charge is 0.170 e. The highest BCUT2D eigenvalue weighted by Gasteiger charge is 2.23. The van der Waals surface area contributed by atoms with Crippen LogP contribution in [0, 0.1) is 0 Å². The number of hydrogen-bond acceptors (Lipinski definition) is 5. The van der Waals surface area contributed by atoms with E-state index in [0.717, 1.165) is 47.4 Å². The van der Waals surface area contributed by atoms with Crippen LogP contribution < -0.4 is 10.1 Å². The van der Waals surface area contributed by atoms with Gasteiger partial charge in [0, 0.05) is 29.8 Å². The van der Waals surface area contributed by atoms with Gasteiger partial charge in [-0.1, -0.05) is 0 Å². The third kappa shape index (κ3) is 2.32. The van der Waals surface area contributed by atoms with Gasteiger partial charge in [-0.15, -0.1) is 0 Å². The molecule has 3 heterocycles. The predicted octanol–water partition coefficient (Wildman–Crippen LogP) is 3.07. The van der Waals surface area contributed by atoms with E-state index < -0.39 is 0 Å². The molecule has 1 N–H and O–H groups in total. The van der Waals surface area contributed by atoms with E-state index in [9.17, 15) is 4.79 Å². The van der Waals surface area contributed by atoms with E-state index in [1.165, 1.54) is 0 Å². The molecule has 130 valence electrons. The summed E-state index contributed by atoms with van der Waals surface area (Å²) in [4.78, 5) is 16.1. The van der Waals surface area contributed by atoms with E-state index in [1.54, 1.807) is 17.8 Å². The first kappa shape index (κ1) is 14.9. The first-order valence-corrected chi connectivity index (χ1v) is 8.53. The van der Waals surface area contributed by atoms with Crippen LogP contribution >= 0.6 is 0 Å². The van der Waals surface area contributed by atoms with Crippen molar-refractivity contribution in [1.82, 2.24) is 19.2 Å². The molecule has 0 bridgehead atoms. The normalized spacial score (nSPS) is 14.0. The topological polar surface area (TPSA) is 73.4 Å². The summed E-state index contributed by atoms with van der Waals surface area (Å²) in [6, 6.07) is 10.4. The molecule has 4 aromatic rings. The molecule has 0 unspecified atom stereocenters. The van der Waals surface area contributed by atoms with E-state index in [-0.39, 0.29) is 0 Å². The molecule has 7 heteroatoms. The lowest BCUT2D eigenvalue weighted by atomic mass is 10.2. The summed E-state index contributed by atoms with van der Waals surface area (Å²) in [6.07, 6.45) is 6.60. The number of aldehydes is 1. The van der Waals surface area contributed by atoms with Gasteiger partial charge < -0.3 is 14.6 Å². The molecule has 1 aromatic carbocycles. The fourth-order valence-corrected chi connectivity index (χ4v) is 3.15. The highest BCUT2D eigenvalue weighted by atomic mass is 16.5. The lowest BCUT2D eigenvalue weighted by Gasteiger charge is -2.11. The fourth-order valence-electron chi connectivity index (χ4n) is 3.15. The minimum absolute atomic E-state index is 0.457. The fraction of sp³-hybridized carbons (Fsp3) is 0.211. The molecule has 1 saturated carbocycles. The second-order valence-electron chi connectivity index (χ2n) is 6.48. The maximum Gasteiger partial charge on any atom is 0.170 e. The first-order valence-electron chi connectivity index (χ1n) is 8.53. The number of anilines is 1. The van der Waals surface area contributed by atoms with Crippen molar-refractivity contribution in [3.05, 3.63) is 48.3 Å². The molecular weight excluding hydrogens is 330 g/mol. The molecule has 5 rings (SSSR count). The van der Waals surface area contributed by atoms with Gasteiger partial charge in [0.2, 0.25) is 0 Å². The SMILES string of the molecule is COc1ccc2ccn(-c3cc(NC4CC4)n4ncc(C=O)c4n3)c2c1. The van der Waals surface area contributed by atoms with Crippen LogP contribution in [-0.2, 0) is 0 Å². The second kappa shape index (κ2) is 5.59. The van der Waals surface area contributed by atoms with Crippen LogP contribution in [0.1, 0.15) is 23.2 Å². The Bertz CT molecular complexity index is 1140. The summed E-state index contributed by atoms with van der Waals surface area (Å²) in [5.41, 5.74) is 2.01. The number of carbonyl (C=O) groups excluding carboxylic acids is 1. The number of fused-ring (bicyclic) bond motifs is 2. The Hall–Kier alpha value is -3.35. The van der Waals surface area contributed by atoms with Gasteiger partial charge in [-0.25, -0.2) is 4.98 Å². The van der Waals surface area contributed by atoms with Crippen LogP contribution in [-0.4, -0.2) is 38.6 Å². The van der Waals surface area contributed by atoms with Crippen LogP contribution in [0.3, 0.4) is 0 Å². The van der Waals surface area contributed by atoms with Gasteiger partial charge in [-0.05, 0) is 31.0 Å². The summed E-state index contributed by atoms with van der Waals surface area (Å²) in [7, 11) is 1.65. The lowest BCUT2D eigenvalue weighted by molar-refractivity contribution is 0.112. The number of carbonyl (C=O) groups is 1. The van der Waals surface area contributed by atoms with Crippen molar-refractivity contribution in [2.24, 2.45) is 0 Å². The van der Waals surface area contributed by atoms with Crippen molar-refractivity contribution in [2.45, 2.75) is 18.9 Å². The van der Waals surface area contributed by atoms with Crippen molar-refractivity contribution in [2.75, 3.05) is 12.4 Å². The molecule has 3 aromatic heterocycles. The number of hydrogen-bond donors (Lipinski definition) is 1. The van der Waals surface area contributed by atoms with Crippen LogP contribution in [0.2, 0.25) is 0 Å². The molecule has 1 aliphatic carbocycles. The van der Waals surface area contributed by atoms with Crippen molar-refractivity contribution in [3.8, 4) is 11.6 Å². The van der Waals surface area contributed by atoms with Crippen molar-refractivity contribution in [3.63, 3.8) is 0 Å². The highest BCUT2D eigenvalue weighted by molar-refractivity contribution is 5.86. The van der Waals surface area contributed by atoms with Crippen molar-refractivity contribution >= 4 is 28.7 Å². The van der Waals surface area contributed by atoms with Gasteiger partial charge in [-0.3, -0.25) is 4.79 Å². The molecule has 0 amide bonds. The minimum Gasteiger partial charge on any atom is -0.497 e. The van der Waals surface area contributed by atoms with Gasteiger partial charge in [0.1, 0.15) is 17.4 Å². The molecule has 0 saturated heterocycles. The van der Waals surface area contributed by atoms with E-state index in [2.05, 4.69) is 10.4 Å². The first-order chi connectivity index (χ1) is 12.8. The van der Waals surface area contributed by atoms with Gasteiger partial charge in [0.05, 0.1) is 24.4 Å². The zero-order valence-corrected chi connectivity index (χ0v) is 14.2. The molecule has 0 atom stereocenters. The lowest BCUT2D eigenvalue weighted by Crippen LogP contribution is -2.10. The minimum atomic E-state index is 0.457. The van der Waals surface area contributed by atoms with Gasteiger partial charge in [-0.2, -0.15) is 9.61 Å². The molecule has 0 spiro atoms. The van der Waals surface area contributed by atoms with Crippen molar-refractivity contribution in [1.29, 1.82) is 0 Å². The molecule has 1 aliphatic rings.